The van der Waals surface area contributed by atoms with Crippen molar-refractivity contribution in [3.8, 4) is 0 Å². The number of hydrogen-bond acceptors (Lipinski definition) is 4. The number of carbonyl (C=O) groups is 2. The minimum atomic E-state index is -0.605. The van der Waals surface area contributed by atoms with Crippen molar-refractivity contribution in [1.29, 1.82) is 0 Å². The molecule has 1 aromatic rings. The zero-order chi connectivity index (χ0) is 13.0. The quantitative estimate of drug-likeness (QED) is 0.795. The molecule has 5 heteroatoms. The summed E-state index contributed by atoms with van der Waals surface area (Å²) in [6.07, 6.45) is -0.234. The Bertz CT molecular complexity index is 432. The fraction of sp³-hybridized carbons (Fsp3) is 0.385. The molecule has 0 aromatic heterocycles. The van der Waals surface area contributed by atoms with Crippen LogP contribution in [-0.4, -0.2) is 31.1 Å². The number of benzene rings is 1. The first kappa shape index (κ1) is 12.6. The lowest BCUT2D eigenvalue weighted by atomic mass is 10.2. The largest absolute Gasteiger partial charge is 0.459 e. The van der Waals surface area contributed by atoms with Crippen LogP contribution in [0, 0.1) is 0 Å². The lowest BCUT2D eigenvalue weighted by molar-refractivity contribution is -0.147. The van der Waals surface area contributed by atoms with Crippen molar-refractivity contribution in [2.45, 2.75) is 25.2 Å². The Morgan fingerprint density at radius 1 is 1.39 bits per heavy atom. The predicted octanol–water partition coefficient (Wildman–Crippen LogP) is 0.633. The van der Waals surface area contributed by atoms with Gasteiger partial charge in [-0.25, -0.2) is 4.79 Å². The molecule has 0 unspecified atom stereocenters. The van der Waals surface area contributed by atoms with Crippen LogP contribution in [0.4, 0.5) is 0 Å². The van der Waals surface area contributed by atoms with Gasteiger partial charge in [0.1, 0.15) is 18.8 Å². The van der Waals surface area contributed by atoms with Crippen molar-refractivity contribution in [2.24, 2.45) is 0 Å². The van der Waals surface area contributed by atoms with Gasteiger partial charge in [0.05, 0.1) is 0 Å². The van der Waals surface area contributed by atoms with E-state index in [1.165, 1.54) is 7.11 Å². The van der Waals surface area contributed by atoms with Crippen LogP contribution in [0.3, 0.4) is 0 Å². The first-order chi connectivity index (χ1) is 8.70. The SMILES string of the molecule is CO[C@@H]1C[C@@H](C(=O)OCc2ccccc2)NC1=O. The third-order valence-electron chi connectivity index (χ3n) is 2.85. The Morgan fingerprint density at radius 3 is 2.72 bits per heavy atom. The van der Waals surface area contributed by atoms with E-state index < -0.39 is 18.1 Å². The highest BCUT2D eigenvalue weighted by Crippen LogP contribution is 2.13. The maximum Gasteiger partial charge on any atom is 0.329 e. The molecule has 96 valence electrons. The molecule has 2 atom stereocenters. The van der Waals surface area contributed by atoms with E-state index in [9.17, 15) is 9.59 Å². The van der Waals surface area contributed by atoms with Gasteiger partial charge in [0.15, 0.2) is 0 Å². The molecule has 1 N–H and O–H groups in total. The fourth-order valence-corrected chi connectivity index (χ4v) is 1.83. The number of rotatable bonds is 4. The Hall–Kier alpha value is -1.88. The Morgan fingerprint density at radius 2 is 2.11 bits per heavy atom. The normalized spacial score (nSPS) is 22.6. The predicted molar refractivity (Wildman–Crippen MR) is 63.6 cm³/mol. The molecule has 0 spiro atoms. The monoisotopic (exact) mass is 249 g/mol. The number of carbonyl (C=O) groups excluding carboxylic acids is 2. The minimum absolute atomic E-state index is 0.212. The average Bonchev–Trinajstić information content (AvgIpc) is 2.78. The number of nitrogens with one attached hydrogen (secondary N) is 1. The topological polar surface area (TPSA) is 64.6 Å². The van der Waals surface area contributed by atoms with Crippen molar-refractivity contribution in [1.82, 2.24) is 5.32 Å². The van der Waals surface area contributed by atoms with Crippen molar-refractivity contribution in [3.05, 3.63) is 35.9 Å². The fourth-order valence-electron chi connectivity index (χ4n) is 1.83. The number of amides is 1. The standard InChI is InChI=1S/C13H15NO4/c1-17-11-7-10(14-12(11)15)13(16)18-8-9-5-3-2-4-6-9/h2-6,10-11H,7-8H2,1H3,(H,14,15)/t10-,11+/m0/s1. The van der Waals surface area contributed by atoms with Gasteiger partial charge < -0.3 is 14.8 Å². The first-order valence-corrected chi connectivity index (χ1v) is 5.74. The molecule has 2 rings (SSSR count). The molecule has 1 aliphatic rings. The zero-order valence-corrected chi connectivity index (χ0v) is 10.1. The van der Waals surface area contributed by atoms with Gasteiger partial charge in [-0.15, -0.1) is 0 Å². The molecular weight excluding hydrogens is 234 g/mol. The van der Waals surface area contributed by atoms with Crippen LogP contribution in [0.5, 0.6) is 0 Å². The third kappa shape index (κ3) is 2.87. The van der Waals surface area contributed by atoms with Crippen LogP contribution < -0.4 is 5.32 Å². The van der Waals surface area contributed by atoms with Crippen molar-refractivity contribution in [2.75, 3.05) is 7.11 Å². The highest BCUT2D eigenvalue weighted by Gasteiger charge is 2.36. The second kappa shape index (κ2) is 5.64. The molecule has 0 aliphatic carbocycles. The molecular formula is C13H15NO4. The molecule has 0 radical (unpaired) electrons. The van der Waals surface area contributed by atoms with E-state index in [0.717, 1.165) is 5.56 Å². The van der Waals surface area contributed by atoms with E-state index in [1.54, 1.807) is 0 Å². The van der Waals surface area contributed by atoms with Gasteiger partial charge in [-0.1, -0.05) is 30.3 Å². The van der Waals surface area contributed by atoms with Crippen molar-refractivity contribution >= 4 is 11.9 Å². The molecule has 1 heterocycles. The summed E-state index contributed by atoms with van der Waals surface area (Å²) in [6.45, 7) is 0.212. The molecule has 1 aromatic carbocycles. The Balaban J connectivity index is 1.84. The second-order valence-electron chi connectivity index (χ2n) is 4.11. The molecule has 1 aliphatic heterocycles. The highest BCUT2D eigenvalue weighted by molar-refractivity contribution is 5.91. The van der Waals surface area contributed by atoms with Crippen molar-refractivity contribution in [3.63, 3.8) is 0 Å². The van der Waals surface area contributed by atoms with Crippen LogP contribution in [-0.2, 0) is 25.7 Å². The summed E-state index contributed by atoms with van der Waals surface area (Å²) in [6, 6.07) is 8.79. The molecule has 1 amide bonds. The van der Waals surface area contributed by atoms with Crippen LogP contribution in [0.1, 0.15) is 12.0 Å². The van der Waals surface area contributed by atoms with Crippen LogP contribution in [0.2, 0.25) is 0 Å². The van der Waals surface area contributed by atoms with E-state index in [-0.39, 0.29) is 12.5 Å². The van der Waals surface area contributed by atoms with E-state index in [1.807, 2.05) is 30.3 Å². The summed E-state index contributed by atoms with van der Waals surface area (Å²) in [5.41, 5.74) is 0.915. The lowest BCUT2D eigenvalue weighted by Crippen LogP contribution is -2.34. The summed E-state index contributed by atoms with van der Waals surface area (Å²) in [7, 11) is 1.45. The number of ether oxygens (including phenoxy) is 2. The minimum Gasteiger partial charge on any atom is -0.459 e. The second-order valence-corrected chi connectivity index (χ2v) is 4.11. The summed E-state index contributed by atoms with van der Waals surface area (Å²) < 4.78 is 10.1. The average molecular weight is 249 g/mol. The highest BCUT2D eigenvalue weighted by atomic mass is 16.5. The van der Waals surface area contributed by atoms with E-state index in [0.29, 0.717) is 6.42 Å². The van der Waals surface area contributed by atoms with Gasteiger partial charge in [0.2, 0.25) is 5.91 Å². The maximum atomic E-state index is 11.7. The van der Waals surface area contributed by atoms with Gasteiger partial charge in [-0.05, 0) is 5.56 Å². The van der Waals surface area contributed by atoms with Crippen LogP contribution in [0.15, 0.2) is 30.3 Å². The summed E-state index contributed by atoms with van der Waals surface area (Å²) >= 11 is 0. The summed E-state index contributed by atoms with van der Waals surface area (Å²) in [5.74, 6) is -0.689. The molecule has 1 fully saturated rings. The van der Waals surface area contributed by atoms with Gasteiger partial charge >= 0.3 is 5.97 Å². The first-order valence-electron chi connectivity index (χ1n) is 5.74. The Labute approximate surface area is 105 Å². The van der Waals surface area contributed by atoms with Crippen LogP contribution >= 0.6 is 0 Å². The van der Waals surface area contributed by atoms with Gasteiger partial charge in [0, 0.05) is 13.5 Å². The summed E-state index contributed by atoms with van der Waals surface area (Å²) in [5, 5.41) is 2.55. The zero-order valence-electron chi connectivity index (χ0n) is 10.1. The molecule has 1 saturated heterocycles. The molecule has 0 bridgehead atoms. The number of methoxy groups -OCH3 is 1. The summed E-state index contributed by atoms with van der Waals surface area (Å²) in [4.78, 5) is 23.1. The van der Waals surface area contributed by atoms with E-state index in [2.05, 4.69) is 5.32 Å². The molecule has 5 nitrogen and oxygen atoms in total. The van der Waals surface area contributed by atoms with Crippen molar-refractivity contribution < 1.29 is 19.1 Å². The van der Waals surface area contributed by atoms with E-state index in [4.69, 9.17) is 9.47 Å². The smallest absolute Gasteiger partial charge is 0.329 e. The van der Waals surface area contributed by atoms with Gasteiger partial charge in [0.25, 0.3) is 0 Å². The van der Waals surface area contributed by atoms with Gasteiger partial charge in [-0.3, -0.25) is 4.79 Å². The number of esters is 1. The maximum absolute atomic E-state index is 11.7. The molecule has 0 saturated carbocycles. The third-order valence-corrected chi connectivity index (χ3v) is 2.85. The number of hydrogen-bond donors (Lipinski definition) is 1. The Kier molecular flexibility index (Phi) is 3.94. The van der Waals surface area contributed by atoms with Gasteiger partial charge in [-0.2, -0.15) is 0 Å². The molecule has 18 heavy (non-hydrogen) atoms. The lowest BCUT2D eigenvalue weighted by Gasteiger charge is -2.09. The van der Waals surface area contributed by atoms with Crippen LogP contribution in [0.25, 0.3) is 0 Å². The van der Waals surface area contributed by atoms with E-state index >= 15 is 0 Å².